The number of halogens is 3. The zero-order chi connectivity index (χ0) is 13.8. The second-order valence-corrected chi connectivity index (χ2v) is 5.10. The summed E-state index contributed by atoms with van der Waals surface area (Å²) in [6, 6.07) is 8.40. The molecule has 0 atom stereocenters. The van der Waals surface area contributed by atoms with Crippen molar-refractivity contribution < 1.29 is 4.74 Å². The standard InChI is InChI=1S/C13H11Cl3N2O/c1-17-7-12-11(16)2-3-13(18-12)19-10-5-8(14)4-9(15)6-10/h2-6,17H,7H2,1H3. The summed E-state index contributed by atoms with van der Waals surface area (Å²) in [4.78, 5) is 4.31. The van der Waals surface area contributed by atoms with Gasteiger partial charge in [-0.1, -0.05) is 34.8 Å². The number of rotatable bonds is 4. The van der Waals surface area contributed by atoms with Crippen LogP contribution in [0.25, 0.3) is 0 Å². The molecule has 0 saturated heterocycles. The van der Waals surface area contributed by atoms with Gasteiger partial charge in [-0.3, -0.25) is 0 Å². The van der Waals surface area contributed by atoms with E-state index in [1.54, 1.807) is 30.3 Å². The van der Waals surface area contributed by atoms with Crippen molar-refractivity contribution in [3.8, 4) is 11.6 Å². The van der Waals surface area contributed by atoms with Gasteiger partial charge in [0.2, 0.25) is 5.88 Å². The van der Waals surface area contributed by atoms with Gasteiger partial charge in [0.05, 0.1) is 10.7 Å². The van der Waals surface area contributed by atoms with Gasteiger partial charge >= 0.3 is 0 Å². The molecule has 1 aromatic heterocycles. The topological polar surface area (TPSA) is 34.2 Å². The van der Waals surface area contributed by atoms with E-state index in [0.29, 0.717) is 33.2 Å². The number of hydrogen-bond acceptors (Lipinski definition) is 3. The fourth-order valence-corrected chi connectivity index (χ4v) is 2.20. The lowest BCUT2D eigenvalue weighted by Crippen LogP contribution is -2.07. The van der Waals surface area contributed by atoms with Crippen molar-refractivity contribution in [1.82, 2.24) is 10.3 Å². The Kier molecular flexibility index (Phi) is 4.88. The summed E-state index contributed by atoms with van der Waals surface area (Å²) < 4.78 is 5.62. The second-order valence-electron chi connectivity index (χ2n) is 3.82. The van der Waals surface area contributed by atoms with Crippen LogP contribution >= 0.6 is 34.8 Å². The molecule has 0 spiro atoms. The Labute approximate surface area is 126 Å². The summed E-state index contributed by atoms with van der Waals surface area (Å²) in [6.45, 7) is 0.562. The van der Waals surface area contributed by atoms with Gasteiger partial charge in [-0.25, -0.2) is 4.98 Å². The number of benzene rings is 1. The molecule has 0 radical (unpaired) electrons. The van der Waals surface area contributed by atoms with Crippen LogP contribution in [0.4, 0.5) is 0 Å². The Morgan fingerprint density at radius 2 is 1.79 bits per heavy atom. The van der Waals surface area contributed by atoms with Gasteiger partial charge in [0.25, 0.3) is 0 Å². The highest BCUT2D eigenvalue weighted by molar-refractivity contribution is 6.34. The van der Waals surface area contributed by atoms with Crippen molar-refractivity contribution in [1.29, 1.82) is 0 Å². The van der Waals surface area contributed by atoms with Crippen LogP contribution in [0.15, 0.2) is 30.3 Å². The van der Waals surface area contributed by atoms with Crippen LogP contribution in [0.3, 0.4) is 0 Å². The summed E-state index contributed by atoms with van der Waals surface area (Å²) in [6.07, 6.45) is 0. The van der Waals surface area contributed by atoms with Crippen molar-refractivity contribution in [2.45, 2.75) is 6.54 Å². The summed E-state index contributed by atoms with van der Waals surface area (Å²) in [5, 5.41) is 4.59. The van der Waals surface area contributed by atoms with Gasteiger partial charge in [-0.15, -0.1) is 0 Å². The van der Waals surface area contributed by atoms with Gasteiger partial charge < -0.3 is 10.1 Å². The minimum absolute atomic E-state index is 0.438. The number of nitrogens with zero attached hydrogens (tertiary/aromatic N) is 1. The minimum Gasteiger partial charge on any atom is -0.439 e. The van der Waals surface area contributed by atoms with Crippen molar-refractivity contribution in [2.75, 3.05) is 7.05 Å². The van der Waals surface area contributed by atoms with Gasteiger partial charge in [-0.2, -0.15) is 0 Å². The molecule has 19 heavy (non-hydrogen) atoms. The Morgan fingerprint density at radius 1 is 1.11 bits per heavy atom. The number of pyridine rings is 1. The fraction of sp³-hybridized carbons (Fsp3) is 0.154. The molecule has 1 N–H and O–H groups in total. The van der Waals surface area contributed by atoms with E-state index in [1.807, 2.05) is 7.05 Å². The first kappa shape index (κ1) is 14.4. The van der Waals surface area contributed by atoms with E-state index in [2.05, 4.69) is 10.3 Å². The van der Waals surface area contributed by atoms with E-state index in [1.165, 1.54) is 0 Å². The Balaban J connectivity index is 2.25. The molecule has 2 rings (SSSR count). The average molecular weight is 318 g/mol. The van der Waals surface area contributed by atoms with Crippen molar-refractivity contribution in [3.63, 3.8) is 0 Å². The van der Waals surface area contributed by atoms with Gasteiger partial charge in [0, 0.05) is 22.7 Å². The third-order valence-electron chi connectivity index (χ3n) is 2.30. The van der Waals surface area contributed by atoms with Crippen molar-refractivity contribution in [3.05, 3.63) is 51.1 Å². The van der Waals surface area contributed by atoms with Crippen LogP contribution in [0.1, 0.15) is 5.69 Å². The van der Waals surface area contributed by atoms with E-state index in [-0.39, 0.29) is 0 Å². The molecule has 0 fully saturated rings. The highest BCUT2D eigenvalue weighted by Crippen LogP contribution is 2.28. The van der Waals surface area contributed by atoms with Crippen LogP contribution in [-0.2, 0) is 6.54 Å². The normalized spacial score (nSPS) is 10.5. The molecule has 3 nitrogen and oxygen atoms in total. The number of aromatic nitrogens is 1. The summed E-state index contributed by atoms with van der Waals surface area (Å²) >= 11 is 17.8. The molecule has 0 aliphatic carbocycles. The first-order valence-electron chi connectivity index (χ1n) is 5.52. The first-order valence-corrected chi connectivity index (χ1v) is 6.66. The third-order valence-corrected chi connectivity index (χ3v) is 3.08. The lowest BCUT2D eigenvalue weighted by Gasteiger charge is -2.08. The van der Waals surface area contributed by atoms with E-state index >= 15 is 0 Å². The molecule has 0 aliphatic rings. The molecular weight excluding hydrogens is 307 g/mol. The smallest absolute Gasteiger partial charge is 0.219 e. The van der Waals surface area contributed by atoms with Crippen LogP contribution in [0, 0.1) is 0 Å². The van der Waals surface area contributed by atoms with Gasteiger partial charge in [-0.05, 0) is 31.3 Å². The monoisotopic (exact) mass is 316 g/mol. The molecule has 0 unspecified atom stereocenters. The molecule has 100 valence electrons. The van der Waals surface area contributed by atoms with Crippen molar-refractivity contribution in [2.24, 2.45) is 0 Å². The molecule has 1 heterocycles. The number of hydrogen-bond donors (Lipinski definition) is 1. The predicted octanol–water partition coefficient (Wildman–Crippen LogP) is 4.55. The Morgan fingerprint density at radius 3 is 2.42 bits per heavy atom. The largest absolute Gasteiger partial charge is 0.439 e. The fourth-order valence-electron chi connectivity index (χ4n) is 1.52. The zero-order valence-corrected chi connectivity index (χ0v) is 12.4. The SMILES string of the molecule is CNCc1nc(Oc2cc(Cl)cc(Cl)c2)ccc1Cl. The quantitative estimate of drug-likeness (QED) is 0.898. The molecule has 6 heteroatoms. The highest BCUT2D eigenvalue weighted by Gasteiger charge is 2.06. The summed E-state index contributed by atoms with van der Waals surface area (Å²) in [7, 11) is 1.82. The minimum atomic E-state index is 0.438. The molecule has 0 saturated carbocycles. The average Bonchev–Trinajstić information content (AvgIpc) is 2.32. The van der Waals surface area contributed by atoms with E-state index in [9.17, 15) is 0 Å². The maximum atomic E-state index is 6.03. The molecule has 1 aromatic carbocycles. The second kappa shape index (κ2) is 6.44. The van der Waals surface area contributed by atoms with Crippen LogP contribution in [0.5, 0.6) is 11.6 Å². The molecule has 0 aliphatic heterocycles. The maximum Gasteiger partial charge on any atom is 0.219 e. The van der Waals surface area contributed by atoms with E-state index in [4.69, 9.17) is 39.5 Å². The number of nitrogens with one attached hydrogen (secondary N) is 1. The van der Waals surface area contributed by atoms with Crippen LogP contribution < -0.4 is 10.1 Å². The lowest BCUT2D eigenvalue weighted by atomic mass is 10.3. The van der Waals surface area contributed by atoms with Crippen molar-refractivity contribution >= 4 is 34.8 Å². The first-order chi connectivity index (χ1) is 9.08. The lowest BCUT2D eigenvalue weighted by molar-refractivity contribution is 0.460. The maximum absolute atomic E-state index is 6.03. The molecular formula is C13H11Cl3N2O. The van der Waals surface area contributed by atoms with Gasteiger partial charge in [0.1, 0.15) is 5.75 Å². The number of ether oxygens (including phenoxy) is 1. The molecule has 0 bridgehead atoms. The Hall–Kier alpha value is -1.000. The van der Waals surface area contributed by atoms with E-state index in [0.717, 1.165) is 5.69 Å². The molecule has 2 aromatic rings. The van der Waals surface area contributed by atoms with Crippen LogP contribution in [-0.4, -0.2) is 12.0 Å². The van der Waals surface area contributed by atoms with E-state index < -0.39 is 0 Å². The summed E-state index contributed by atoms with van der Waals surface area (Å²) in [5.41, 5.74) is 0.717. The highest BCUT2D eigenvalue weighted by atomic mass is 35.5. The summed E-state index contributed by atoms with van der Waals surface area (Å²) in [5.74, 6) is 0.968. The van der Waals surface area contributed by atoms with Crippen LogP contribution in [0.2, 0.25) is 15.1 Å². The van der Waals surface area contributed by atoms with Gasteiger partial charge in [0.15, 0.2) is 0 Å². The molecule has 0 amide bonds. The Bertz CT molecular complexity index is 570. The third kappa shape index (κ3) is 3.98. The zero-order valence-electron chi connectivity index (χ0n) is 10.1. The predicted molar refractivity (Wildman–Crippen MR) is 78.5 cm³/mol.